The molecule has 1 heterocycles. The second kappa shape index (κ2) is 7.93. The highest BCUT2D eigenvalue weighted by molar-refractivity contribution is 5.90. The van der Waals surface area contributed by atoms with Crippen molar-refractivity contribution in [2.75, 3.05) is 6.61 Å². The van der Waals surface area contributed by atoms with E-state index in [0.29, 0.717) is 12.2 Å². The molecule has 0 bridgehead atoms. The van der Waals surface area contributed by atoms with Gasteiger partial charge < -0.3 is 9.72 Å². The van der Waals surface area contributed by atoms with Crippen LogP contribution in [0.5, 0.6) is 0 Å². The molecule has 0 radical (unpaired) electrons. The number of hydrogen-bond donors (Lipinski definition) is 1. The van der Waals surface area contributed by atoms with Crippen molar-refractivity contribution >= 4 is 5.97 Å². The second-order valence-electron chi connectivity index (χ2n) is 4.25. The largest absolute Gasteiger partial charge is 0.462 e. The van der Waals surface area contributed by atoms with E-state index in [2.05, 4.69) is 11.9 Å². The minimum Gasteiger partial charge on any atom is -0.462 e. The minimum atomic E-state index is -0.211. The average molecular weight is 237 g/mol. The van der Waals surface area contributed by atoms with Crippen LogP contribution in [0.15, 0.2) is 12.3 Å². The van der Waals surface area contributed by atoms with Crippen LogP contribution in [0, 0.1) is 0 Å². The Kier molecular flexibility index (Phi) is 6.45. The third kappa shape index (κ3) is 4.63. The molecule has 0 aliphatic rings. The maximum absolute atomic E-state index is 11.6. The van der Waals surface area contributed by atoms with Crippen molar-refractivity contribution in [3.05, 3.63) is 23.5 Å². The number of carbonyl (C=O) groups is 1. The zero-order chi connectivity index (χ0) is 12.5. The van der Waals surface area contributed by atoms with Crippen LogP contribution in [0.3, 0.4) is 0 Å². The molecule has 0 saturated heterocycles. The van der Waals surface area contributed by atoms with Crippen molar-refractivity contribution in [2.45, 2.75) is 52.4 Å². The van der Waals surface area contributed by atoms with E-state index in [1.807, 2.05) is 13.1 Å². The topological polar surface area (TPSA) is 42.1 Å². The van der Waals surface area contributed by atoms with Crippen molar-refractivity contribution in [1.82, 2.24) is 4.98 Å². The van der Waals surface area contributed by atoms with Gasteiger partial charge in [0, 0.05) is 11.9 Å². The second-order valence-corrected chi connectivity index (χ2v) is 4.25. The molecule has 17 heavy (non-hydrogen) atoms. The molecule has 0 aliphatic carbocycles. The molecule has 1 aromatic heterocycles. The summed E-state index contributed by atoms with van der Waals surface area (Å²) in [5, 5.41) is 0. The maximum atomic E-state index is 11.6. The van der Waals surface area contributed by atoms with Gasteiger partial charge in [0.25, 0.3) is 0 Å². The predicted molar refractivity (Wildman–Crippen MR) is 69.2 cm³/mol. The summed E-state index contributed by atoms with van der Waals surface area (Å²) in [5.41, 5.74) is 1.71. The van der Waals surface area contributed by atoms with Gasteiger partial charge in [0.2, 0.25) is 0 Å². The Labute approximate surface area is 104 Å². The summed E-state index contributed by atoms with van der Waals surface area (Å²) in [5.74, 6) is -0.211. The molecule has 0 spiro atoms. The molecule has 1 N–H and O–H groups in total. The molecular weight excluding hydrogens is 214 g/mol. The van der Waals surface area contributed by atoms with Gasteiger partial charge in [0.1, 0.15) is 0 Å². The first-order valence-electron chi connectivity index (χ1n) is 6.63. The van der Waals surface area contributed by atoms with Gasteiger partial charge in [0.15, 0.2) is 0 Å². The highest BCUT2D eigenvalue weighted by Gasteiger charge is 2.12. The lowest BCUT2D eigenvalue weighted by Gasteiger charge is -2.04. The number of aryl methyl sites for hydroxylation is 1. The SMILES string of the molecule is CCCCCCCc1[nH]ccc1C(=O)OCC. The molecular formula is C14H23NO2. The van der Waals surface area contributed by atoms with Crippen molar-refractivity contribution in [2.24, 2.45) is 0 Å². The van der Waals surface area contributed by atoms with E-state index in [1.165, 1.54) is 25.7 Å². The van der Waals surface area contributed by atoms with Gasteiger partial charge in [-0.05, 0) is 25.8 Å². The van der Waals surface area contributed by atoms with Gasteiger partial charge in [-0.25, -0.2) is 4.79 Å². The first-order valence-corrected chi connectivity index (χ1v) is 6.63. The number of H-pyrrole nitrogens is 1. The Morgan fingerprint density at radius 3 is 2.71 bits per heavy atom. The molecule has 3 heteroatoms. The monoisotopic (exact) mass is 237 g/mol. The van der Waals surface area contributed by atoms with Gasteiger partial charge >= 0.3 is 5.97 Å². The number of hydrogen-bond acceptors (Lipinski definition) is 2. The van der Waals surface area contributed by atoms with E-state index < -0.39 is 0 Å². The van der Waals surface area contributed by atoms with Crippen LogP contribution in [-0.2, 0) is 11.2 Å². The Morgan fingerprint density at radius 1 is 1.24 bits per heavy atom. The van der Waals surface area contributed by atoms with Crippen molar-refractivity contribution < 1.29 is 9.53 Å². The van der Waals surface area contributed by atoms with Crippen LogP contribution in [-0.4, -0.2) is 17.6 Å². The summed E-state index contributed by atoms with van der Waals surface area (Å²) in [4.78, 5) is 14.8. The third-order valence-corrected chi connectivity index (χ3v) is 2.86. The Bertz CT molecular complexity index is 331. The van der Waals surface area contributed by atoms with E-state index in [0.717, 1.165) is 18.5 Å². The summed E-state index contributed by atoms with van der Waals surface area (Å²) >= 11 is 0. The Hall–Kier alpha value is -1.25. The normalized spacial score (nSPS) is 10.5. The first-order chi connectivity index (χ1) is 8.29. The number of carbonyl (C=O) groups excluding carboxylic acids is 1. The van der Waals surface area contributed by atoms with Gasteiger partial charge in [-0.3, -0.25) is 0 Å². The fourth-order valence-electron chi connectivity index (χ4n) is 1.92. The van der Waals surface area contributed by atoms with Crippen molar-refractivity contribution in [3.8, 4) is 0 Å². The molecule has 0 aliphatic heterocycles. The van der Waals surface area contributed by atoms with Crippen LogP contribution >= 0.6 is 0 Å². The zero-order valence-corrected chi connectivity index (χ0v) is 10.9. The number of esters is 1. The lowest BCUT2D eigenvalue weighted by Crippen LogP contribution is -2.06. The lowest BCUT2D eigenvalue weighted by atomic mass is 10.1. The fraction of sp³-hybridized carbons (Fsp3) is 0.643. The van der Waals surface area contributed by atoms with E-state index in [1.54, 1.807) is 6.07 Å². The molecule has 0 unspecified atom stereocenters. The van der Waals surface area contributed by atoms with E-state index in [4.69, 9.17) is 4.74 Å². The highest BCUT2D eigenvalue weighted by atomic mass is 16.5. The van der Waals surface area contributed by atoms with Gasteiger partial charge in [-0.2, -0.15) is 0 Å². The van der Waals surface area contributed by atoms with Gasteiger partial charge in [-0.1, -0.05) is 32.6 Å². The number of unbranched alkanes of at least 4 members (excludes halogenated alkanes) is 4. The molecule has 0 saturated carbocycles. The van der Waals surface area contributed by atoms with Crippen molar-refractivity contribution in [3.63, 3.8) is 0 Å². The number of nitrogens with one attached hydrogen (secondary N) is 1. The third-order valence-electron chi connectivity index (χ3n) is 2.86. The fourth-order valence-corrected chi connectivity index (χ4v) is 1.92. The average Bonchev–Trinajstić information content (AvgIpc) is 2.77. The smallest absolute Gasteiger partial charge is 0.339 e. The summed E-state index contributed by atoms with van der Waals surface area (Å²) < 4.78 is 5.01. The van der Waals surface area contributed by atoms with E-state index in [-0.39, 0.29) is 5.97 Å². The standard InChI is InChI=1S/C14H23NO2/c1-3-5-6-7-8-9-13-12(10-11-15-13)14(16)17-4-2/h10-11,15H,3-9H2,1-2H3. The summed E-state index contributed by atoms with van der Waals surface area (Å²) in [6.07, 6.45) is 8.96. The molecule has 1 rings (SSSR count). The number of aromatic nitrogens is 1. The van der Waals surface area contributed by atoms with Gasteiger partial charge in [-0.15, -0.1) is 0 Å². The molecule has 0 aromatic carbocycles. The van der Waals surface area contributed by atoms with Crippen LogP contribution < -0.4 is 0 Å². The maximum Gasteiger partial charge on any atom is 0.339 e. The lowest BCUT2D eigenvalue weighted by molar-refractivity contribution is 0.0525. The van der Waals surface area contributed by atoms with Crippen LogP contribution in [0.4, 0.5) is 0 Å². The van der Waals surface area contributed by atoms with E-state index in [9.17, 15) is 4.79 Å². The van der Waals surface area contributed by atoms with Crippen LogP contribution in [0.2, 0.25) is 0 Å². The predicted octanol–water partition coefficient (Wildman–Crippen LogP) is 3.70. The zero-order valence-electron chi connectivity index (χ0n) is 10.9. The van der Waals surface area contributed by atoms with Gasteiger partial charge in [0.05, 0.1) is 12.2 Å². The first kappa shape index (κ1) is 13.8. The van der Waals surface area contributed by atoms with Crippen LogP contribution in [0.25, 0.3) is 0 Å². The molecule has 0 atom stereocenters. The molecule has 3 nitrogen and oxygen atoms in total. The van der Waals surface area contributed by atoms with Crippen molar-refractivity contribution in [1.29, 1.82) is 0 Å². The van der Waals surface area contributed by atoms with Crippen LogP contribution in [0.1, 0.15) is 62.0 Å². The van der Waals surface area contributed by atoms with E-state index >= 15 is 0 Å². The summed E-state index contributed by atoms with van der Waals surface area (Å²) in [7, 11) is 0. The molecule has 0 fully saturated rings. The summed E-state index contributed by atoms with van der Waals surface area (Å²) in [6, 6.07) is 1.80. The number of aromatic amines is 1. The number of ether oxygens (including phenoxy) is 1. The quantitative estimate of drug-likeness (QED) is 0.553. The Balaban J connectivity index is 2.38. The molecule has 96 valence electrons. The molecule has 1 aromatic rings. The number of rotatable bonds is 8. The minimum absolute atomic E-state index is 0.211. The Morgan fingerprint density at radius 2 is 2.00 bits per heavy atom. The highest BCUT2D eigenvalue weighted by Crippen LogP contribution is 2.13. The summed E-state index contributed by atoms with van der Waals surface area (Å²) in [6.45, 7) is 4.47. The molecule has 0 amide bonds.